The Bertz CT molecular complexity index is 759. The van der Waals surface area contributed by atoms with E-state index in [1.54, 1.807) is 13.1 Å². The molecule has 0 N–H and O–H groups in total. The van der Waals surface area contributed by atoms with E-state index in [1.165, 1.54) is 9.80 Å². The predicted octanol–water partition coefficient (Wildman–Crippen LogP) is 1.64. The van der Waals surface area contributed by atoms with E-state index in [0.29, 0.717) is 5.84 Å². The predicted molar refractivity (Wildman–Crippen MR) is 85.7 cm³/mol. The van der Waals surface area contributed by atoms with Crippen molar-refractivity contribution in [2.24, 2.45) is 4.99 Å². The van der Waals surface area contributed by atoms with Crippen molar-refractivity contribution in [2.75, 3.05) is 13.6 Å². The number of aliphatic imine (C=N–C) groups is 1. The molecule has 23 heavy (non-hydrogen) atoms. The zero-order valence-electron chi connectivity index (χ0n) is 14.2. The fraction of sp³-hybridized carbons (Fsp3) is 0.500. The second kappa shape index (κ2) is 5.04. The molecule has 1 aromatic heterocycles. The highest BCUT2D eigenvalue weighted by molar-refractivity contribution is 6.19. The van der Waals surface area contributed by atoms with Crippen molar-refractivity contribution < 1.29 is 14.2 Å². The number of carbonyl (C=O) groups excluding carboxylic acids is 2. The molecule has 0 aromatic carbocycles. The van der Waals surface area contributed by atoms with Gasteiger partial charge in [-0.25, -0.2) is 13.9 Å². The molecule has 1 atom stereocenters. The number of fused-ring (bicyclic) bond motifs is 3. The largest absolute Gasteiger partial charge is 0.402 e. The van der Waals surface area contributed by atoms with Gasteiger partial charge in [-0.05, 0) is 27.7 Å². The summed E-state index contributed by atoms with van der Waals surface area (Å²) in [6.45, 7) is 12.0. The van der Waals surface area contributed by atoms with E-state index in [1.807, 2.05) is 18.4 Å². The first-order valence-corrected chi connectivity index (χ1v) is 7.72. The Morgan fingerprint density at radius 3 is 2.57 bits per heavy atom. The molecular formula is C16H22N5O2+. The molecular weight excluding hydrogens is 294 g/mol. The quantitative estimate of drug-likeness (QED) is 0.628. The summed E-state index contributed by atoms with van der Waals surface area (Å²) in [4.78, 5) is 32.6. The number of urea groups is 1. The summed E-state index contributed by atoms with van der Waals surface area (Å²) in [5.74, 6) is 0.968. The molecule has 0 spiro atoms. The van der Waals surface area contributed by atoms with Crippen LogP contribution in [-0.4, -0.2) is 45.7 Å². The fourth-order valence-electron chi connectivity index (χ4n) is 3.38. The number of likely N-dealkylation sites (N-methyl/N-ethyl adjacent to an activating group) is 1. The van der Waals surface area contributed by atoms with E-state index >= 15 is 0 Å². The first-order chi connectivity index (χ1) is 10.8. The third-order valence-corrected chi connectivity index (χ3v) is 4.58. The summed E-state index contributed by atoms with van der Waals surface area (Å²) in [6, 6.07) is -0.720. The van der Waals surface area contributed by atoms with Crippen LogP contribution in [0.4, 0.5) is 10.7 Å². The molecule has 1 aromatic rings. The highest BCUT2D eigenvalue weighted by Gasteiger charge is 2.54. The van der Waals surface area contributed by atoms with Crippen LogP contribution in [0.3, 0.4) is 0 Å². The molecule has 7 nitrogen and oxygen atoms in total. The van der Waals surface area contributed by atoms with Gasteiger partial charge >= 0.3 is 12.0 Å². The zero-order chi connectivity index (χ0) is 17.0. The number of carbonyl (C=O) groups is 2. The SMILES string of the molecule is C=CCN1C(=O)C2C(=Nc3n(C(C)C)c(C)c(C)[n+]32)N(C)C1=O. The molecule has 1 unspecified atom stereocenters. The monoisotopic (exact) mass is 316 g/mol. The number of imidazole rings is 1. The van der Waals surface area contributed by atoms with Crippen LogP contribution in [0.15, 0.2) is 17.6 Å². The fourth-order valence-corrected chi connectivity index (χ4v) is 3.38. The summed E-state index contributed by atoms with van der Waals surface area (Å²) >= 11 is 0. The molecule has 2 aliphatic rings. The molecule has 3 rings (SSSR count). The smallest absolute Gasteiger partial charge is 0.270 e. The second-order valence-corrected chi connectivity index (χ2v) is 6.26. The maximum absolute atomic E-state index is 12.9. The standard InChI is InChI=1S/C16H22N5O2/c1-7-8-19-14(22)12-13(18(6)16(19)23)17-15-20(9(2)3)10(4)11(5)21(12)15/h7,9,12H,1,8H2,2-6H3/q+1. The van der Waals surface area contributed by atoms with Gasteiger partial charge < -0.3 is 0 Å². The number of imide groups is 1. The average Bonchev–Trinajstić information content (AvgIpc) is 2.98. The van der Waals surface area contributed by atoms with E-state index in [0.717, 1.165) is 17.3 Å². The lowest BCUT2D eigenvalue weighted by Gasteiger charge is -2.32. The molecule has 1 saturated heterocycles. The molecule has 0 radical (unpaired) electrons. The average molecular weight is 316 g/mol. The van der Waals surface area contributed by atoms with Crippen molar-refractivity contribution in [3.63, 3.8) is 0 Å². The van der Waals surface area contributed by atoms with Crippen molar-refractivity contribution in [1.29, 1.82) is 0 Å². The molecule has 3 amide bonds. The Balaban J connectivity index is 2.20. The van der Waals surface area contributed by atoms with Gasteiger partial charge in [-0.1, -0.05) is 11.1 Å². The van der Waals surface area contributed by atoms with Gasteiger partial charge in [0.15, 0.2) is 0 Å². The van der Waals surface area contributed by atoms with Crippen molar-refractivity contribution in [2.45, 2.75) is 39.8 Å². The maximum atomic E-state index is 12.9. The summed E-state index contributed by atoms with van der Waals surface area (Å²) in [5, 5.41) is 0. The van der Waals surface area contributed by atoms with E-state index < -0.39 is 6.04 Å². The molecule has 2 aliphatic heterocycles. The Hall–Kier alpha value is -2.44. The number of amidine groups is 1. The molecule has 3 heterocycles. The summed E-state index contributed by atoms with van der Waals surface area (Å²) < 4.78 is 4.04. The lowest BCUT2D eigenvalue weighted by Crippen LogP contribution is -2.63. The van der Waals surface area contributed by atoms with Crippen LogP contribution in [0.2, 0.25) is 0 Å². The van der Waals surface area contributed by atoms with Gasteiger partial charge in [0, 0.05) is 13.6 Å². The van der Waals surface area contributed by atoms with Crippen molar-refractivity contribution in [3.05, 3.63) is 24.0 Å². The number of nitrogens with zero attached hydrogens (tertiary/aromatic N) is 5. The van der Waals surface area contributed by atoms with Crippen molar-refractivity contribution in [3.8, 4) is 0 Å². The highest BCUT2D eigenvalue weighted by atomic mass is 16.2. The number of rotatable bonds is 3. The number of hydrogen-bond donors (Lipinski definition) is 0. The van der Waals surface area contributed by atoms with Gasteiger partial charge in [0.05, 0.1) is 6.04 Å². The summed E-state index contributed by atoms with van der Waals surface area (Å²) in [5.41, 5.74) is 2.08. The minimum Gasteiger partial charge on any atom is -0.270 e. The highest BCUT2D eigenvalue weighted by Crippen LogP contribution is 2.32. The van der Waals surface area contributed by atoms with E-state index in [-0.39, 0.29) is 24.5 Å². The molecule has 1 fully saturated rings. The van der Waals surface area contributed by atoms with E-state index in [2.05, 4.69) is 30.0 Å². The lowest BCUT2D eigenvalue weighted by molar-refractivity contribution is -0.682. The first kappa shape index (κ1) is 15.5. The molecule has 7 heteroatoms. The normalized spacial score (nSPS) is 20.1. The topological polar surface area (TPSA) is 61.8 Å². The van der Waals surface area contributed by atoms with E-state index in [4.69, 9.17) is 0 Å². The second-order valence-electron chi connectivity index (χ2n) is 6.26. The Labute approximate surface area is 135 Å². The van der Waals surface area contributed by atoms with Crippen molar-refractivity contribution >= 4 is 23.7 Å². The minimum atomic E-state index is -0.577. The molecule has 122 valence electrons. The van der Waals surface area contributed by atoms with E-state index in [9.17, 15) is 9.59 Å². The van der Waals surface area contributed by atoms with Gasteiger partial charge in [0.1, 0.15) is 11.4 Å². The summed E-state index contributed by atoms with van der Waals surface area (Å²) in [7, 11) is 1.66. The Kier molecular flexibility index (Phi) is 3.39. The Morgan fingerprint density at radius 2 is 2.00 bits per heavy atom. The number of amides is 3. The maximum Gasteiger partial charge on any atom is 0.402 e. The Morgan fingerprint density at radius 1 is 1.35 bits per heavy atom. The molecule has 0 saturated carbocycles. The lowest BCUT2D eigenvalue weighted by atomic mass is 10.1. The van der Waals surface area contributed by atoms with Crippen molar-refractivity contribution in [1.82, 2.24) is 14.4 Å². The van der Waals surface area contributed by atoms with Gasteiger partial charge in [-0.2, -0.15) is 0 Å². The first-order valence-electron chi connectivity index (χ1n) is 7.72. The zero-order valence-corrected chi connectivity index (χ0v) is 14.2. The van der Waals surface area contributed by atoms with Gasteiger partial charge in [-0.15, -0.1) is 6.58 Å². The molecule has 0 bridgehead atoms. The van der Waals surface area contributed by atoms with Gasteiger partial charge in [0.25, 0.3) is 5.91 Å². The van der Waals surface area contributed by atoms with Crippen LogP contribution in [0.5, 0.6) is 0 Å². The van der Waals surface area contributed by atoms with Crippen LogP contribution < -0.4 is 4.57 Å². The number of hydrogen-bond acceptors (Lipinski definition) is 3. The van der Waals surface area contributed by atoms with Crippen LogP contribution in [0, 0.1) is 13.8 Å². The van der Waals surface area contributed by atoms with Gasteiger partial charge in [-0.3, -0.25) is 14.6 Å². The molecule has 0 aliphatic carbocycles. The number of aromatic nitrogens is 2. The van der Waals surface area contributed by atoms with Crippen LogP contribution in [0.25, 0.3) is 0 Å². The minimum absolute atomic E-state index is 0.199. The third kappa shape index (κ3) is 1.89. The van der Waals surface area contributed by atoms with Crippen LogP contribution >= 0.6 is 0 Å². The summed E-state index contributed by atoms with van der Waals surface area (Å²) in [6.07, 6.45) is 1.56. The van der Waals surface area contributed by atoms with Crippen LogP contribution in [-0.2, 0) is 4.79 Å². The van der Waals surface area contributed by atoms with Crippen LogP contribution in [0.1, 0.15) is 37.3 Å². The van der Waals surface area contributed by atoms with Gasteiger partial charge in [0.2, 0.25) is 11.9 Å². The third-order valence-electron chi connectivity index (χ3n) is 4.58.